The van der Waals surface area contributed by atoms with E-state index in [1.807, 2.05) is 18.2 Å². The van der Waals surface area contributed by atoms with Crippen LogP contribution in [-0.2, 0) is 0 Å². The zero-order valence-electron chi connectivity index (χ0n) is 9.01. The Morgan fingerprint density at radius 3 is 2.59 bits per heavy atom. The van der Waals surface area contributed by atoms with Gasteiger partial charge in [0.15, 0.2) is 0 Å². The Kier molecular flexibility index (Phi) is 3.68. The van der Waals surface area contributed by atoms with Crippen molar-refractivity contribution in [2.75, 3.05) is 0 Å². The normalized spacial score (nSPS) is 10.6. The van der Waals surface area contributed by atoms with Crippen LogP contribution in [0.3, 0.4) is 0 Å². The number of aromatic nitrogens is 1. The van der Waals surface area contributed by atoms with Crippen LogP contribution in [0.5, 0.6) is 0 Å². The lowest BCUT2D eigenvalue weighted by molar-refractivity contribution is 0.104. The van der Waals surface area contributed by atoms with Crippen LogP contribution in [0.4, 0.5) is 0 Å². The highest BCUT2D eigenvalue weighted by Crippen LogP contribution is 2.16. The van der Waals surface area contributed by atoms with E-state index in [0.717, 1.165) is 5.56 Å². The first-order chi connectivity index (χ1) is 8.27. The zero-order valence-corrected chi connectivity index (χ0v) is 9.76. The summed E-state index contributed by atoms with van der Waals surface area (Å²) in [6.45, 7) is 0. The minimum absolute atomic E-state index is 0.134. The van der Waals surface area contributed by atoms with Gasteiger partial charge in [-0.15, -0.1) is 0 Å². The first-order valence-corrected chi connectivity index (χ1v) is 5.53. The van der Waals surface area contributed by atoms with Crippen LogP contribution in [0.1, 0.15) is 16.1 Å². The van der Waals surface area contributed by atoms with E-state index in [4.69, 9.17) is 11.6 Å². The molecule has 0 atom stereocenters. The summed E-state index contributed by atoms with van der Waals surface area (Å²) in [4.78, 5) is 15.7. The minimum atomic E-state index is -0.134. The summed E-state index contributed by atoms with van der Waals surface area (Å²) in [6, 6.07) is 12.6. The van der Waals surface area contributed by atoms with Crippen molar-refractivity contribution >= 4 is 23.5 Å². The topological polar surface area (TPSA) is 30.0 Å². The van der Waals surface area contributed by atoms with Crippen molar-refractivity contribution in [3.05, 3.63) is 71.0 Å². The van der Waals surface area contributed by atoms with Gasteiger partial charge in [0.2, 0.25) is 5.78 Å². The van der Waals surface area contributed by atoms with Gasteiger partial charge < -0.3 is 0 Å². The van der Waals surface area contributed by atoms with E-state index < -0.39 is 0 Å². The molecule has 3 heteroatoms. The highest BCUT2D eigenvalue weighted by atomic mass is 35.5. The maximum Gasteiger partial charge on any atom is 0.204 e. The van der Waals surface area contributed by atoms with Gasteiger partial charge in [-0.2, -0.15) is 0 Å². The average Bonchev–Trinajstić information content (AvgIpc) is 2.38. The molecular formula is C14H10ClNO. The van der Waals surface area contributed by atoms with Crippen LogP contribution in [0.25, 0.3) is 6.08 Å². The number of hydrogen-bond donors (Lipinski definition) is 0. The van der Waals surface area contributed by atoms with Crippen LogP contribution in [0, 0.1) is 0 Å². The number of nitrogens with zero attached hydrogens (tertiary/aromatic N) is 1. The number of hydrogen-bond acceptors (Lipinski definition) is 2. The summed E-state index contributed by atoms with van der Waals surface area (Å²) < 4.78 is 0. The summed E-state index contributed by atoms with van der Waals surface area (Å²) in [5.74, 6) is -0.134. The van der Waals surface area contributed by atoms with Crippen LogP contribution in [0.2, 0.25) is 5.02 Å². The smallest absolute Gasteiger partial charge is 0.204 e. The van der Waals surface area contributed by atoms with Crippen molar-refractivity contribution in [2.45, 2.75) is 0 Å². The summed E-state index contributed by atoms with van der Waals surface area (Å²) in [5, 5.41) is 0.623. The SMILES string of the molecule is O=C(/C=C/c1ccccc1Cl)c1ccccn1. The molecule has 0 saturated heterocycles. The minimum Gasteiger partial charge on any atom is -0.288 e. The fraction of sp³-hybridized carbons (Fsp3) is 0. The summed E-state index contributed by atoms with van der Waals surface area (Å²) in [5.41, 5.74) is 1.24. The van der Waals surface area contributed by atoms with Crippen molar-refractivity contribution in [3.63, 3.8) is 0 Å². The number of rotatable bonds is 3. The Hall–Kier alpha value is -1.93. The summed E-state index contributed by atoms with van der Waals surface area (Å²) >= 11 is 5.98. The van der Waals surface area contributed by atoms with Crippen LogP contribution < -0.4 is 0 Å². The number of halogens is 1. The zero-order chi connectivity index (χ0) is 12.1. The lowest BCUT2D eigenvalue weighted by Crippen LogP contribution is -1.96. The molecule has 17 heavy (non-hydrogen) atoms. The lowest BCUT2D eigenvalue weighted by Gasteiger charge is -1.96. The monoisotopic (exact) mass is 243 g/mol. The molecule has 0 aliphatic carbocycles. The Bertz CT molecular complexity index is 549. The molecule has 0 fully saturated rings. The summed E-state index contributed by atoms with van der Waals surface area (Å²) in [6.07, 6.45) is 4.76. The molecule has 0 N–H and O–H groups in total. The van der Waals surface area contributed by atoms with Crippen LogP contribution in [-0.4, -0.2) is 10.8 Å². The fourth-order valence-electron chi connectivity index (χ4n) is 1.37. The molecule has 0 amide bonds. The molecular weight excluding hydrogens is 234 g/mol. The molecule has 84 valence electrons. The Morgan fingerprint density at radius 1 is 1.12 bits per heavy atom. The Morgan fingerprint density at radius 2 is 1.88 bits per heavy atom. The molecule has 0 radical (unpaired) electrons. The number of ketones is 1. The molecule has 0 saturated carbocycles. The van der Waals surface area contributed by atoms with E-state index in [1.165, 1.54) is 6.08 Å². The van der Waals surface area contributed by atoms with Crippen LogP contribution >= 0.6 is 11.6 Å². The number of carbonyl (C=O) groups excluding carboxylic acids is 1. The van der Waals surface area contributed by atoms with Gasteiger partial charge in [-0.25, -0.2) is 0 Å². The van der Waals surface area contributed by atoms with Crippen molar-refractivity contribution < 1.29 is 4.79 Å². The molecule has 0 aliphatic heterocycles. The lowest BCUT2D eigenvalue weighted by atomic mass is 10.1. The van der Waals surface area contributed by atoms with Gasteiger partial charge in [0.25, 0.3) is 0 Å². The quantitative estimate of drug-likeness (QED) is 0.609. The molecule has 0 unspecified atom stereocenters. The van der Waals surface area contributed by atoms with E-state index in [9.17, 15) is 4.79 Å². The van der Waals surface area contributed by atoms with Crippen LogP contribution in [0.15, 0.2) is 54.7 Å². The van der Waals surface area contributed by atoms with Crippen molar-refractivity contribution in [1.29, 1.82) is 0 Å². The van der Waals surface area contributed by atoms with Gasteiger partial charge in [0.1, 0.15) is 5.69 Å². The molecule has 0 spiro atoms. The van der Waals surface area contributed by atoms with Gasteiger partial charge in [0.05, 0.1) is 0 Å². The molecule has 1 aromatic heterocycles. The van der Waals surface area contributed by atoms with E-state index in [2.05, 4.69) is 4.98 Å². The van der Waals surface area contributed by atoms with Crippen molar-refractivity contribution in [1.82, 2.24) is 4.98 Å². The van der Waals surface area contributed by atoms with Gasteiger partial charge in [-0.1, -0.05) is 35.9 Å². The van der Waals surface area contributed by atoms with E-state index in [1.54, 1.807) is 36.5 Å². The second kappa shape index (κ2) is 5.41. The molecule has 2 rings (SSSR count). The third kappa shape index (κ3) is 3.02. The predicted octanol–water partition coefficient (Wildman–Crippen LogP) is 3.63. The van der Waals surface area contributed by atoms with Gasteiger partial charge in [0, 0.05) is 11.2 Å². The highest BCUT2D eigenvalue weighted by molar-refractivity contribution is 6.32. The third-order valence-corrected chi connectivity index (χ3v) is 2.58. The van der Waals surface area contributed by atoms with E-state index >= 15 is 0 Å². The van der Waals surface area contributed by atoms with Crippen molar-refractivity contribution in [2.24, 2.45) is 0 Å². The van der Waals surface area contributed by atoms with Gasteiger partial charge in [-0.3, -0.25) is 9.78 Å². The average molecular weight is 244 g/mol. The van der Waals surface area contributed by atoms with E-state index in [-0.39, 0.29) is 5.78 Å². The Balaban J connectivity index is 2.17. The van der Waals surface area contributed by atoms with E-state index in [0.29, 0.717) is 10.7 Å². The molecule has 2 aromatic rings. The number of allylic oxidation sites excluding steroid dienone is 1. The number of pyridine rings is 1. The molecule has 2 nitrogen and oxygen atoms in total. The maximum atomic E-state index is 11.7. The summed E-state index contributed by atoms with van der Waals surface area (Å²) in [7, 11) is 0. The van der Waals surface area contributed by atoms with Gasteiger partial charge >= 0.3 is 0 Å². The number of carbonyl (C=O) groups is 1. The maximum absolute atomic E-state index is 11.7. The second-order valence-corrected chi connectivity index (χ2v) is 3.84. The first-order valence-electron chi connectivity index (χ1n) is 5.15. The molecule has 0 bridgehead atoms. The third-order valence-electron chi connectivity index (χ3n) is 2.24. The molecule has 0 aliphatic rings. The molecule has 1 heterocycles. The highest BCUT2D eigenvalue weighted by Gasteiger charge is 2.01. The largest absolute Gasteiger partial charge is 0.288 e. The second-order valence-electron chi connectivity index (χ2n) is 3.43. The standard InChI is InChI=1S/C14H10ClNO/c15-12-6-2-1-5-11(12)8-9-14(17)13-7-3-4-10-16-13/h1-10H/b9-8+. The molecule has 1 aromatic carbocycles. The fourth-order valence-corrected chi connectivity index (χ4v) is 1.57. The number of benzene rings is 1. The predicted molar refractivity (Wildman–Crippen MR) is 69.1 cm³/mol. The first kappa shape index (κ1) is 11.6. The van der Waals surface area contributed by atoms with Crippen molar-refractivity contribution in [3.8, 4) is 0 Å². The van der Waals surface area contributed by atoms with Gasteiger partial charge in [-0.05, 0) is 35.9 Å². The Labute approximate surface area is 105 Å².